The van der Waals surface area contributed by atoms with Crippen LogP contribution in [0.2, 0.25) is 0 Å². The van der Waals surface area contributed by atoms with Crippen LogP contribution < -0.4 is 5.32 Å². The Labute approximate surface area is 128 Å². The molecule has 2 rings (SSSR count). The van der Waals surface area contributed by atoms with E-state index in [1.54, 1.807) is 0 Å². The second kappa shape index (κ2) is 6.52. The molecule has 0 saturated heterocycles. The molecule has 4 heteroatoms. The maximum atomic E-state index is 4.42. The third kappa shape index (κ3) is 3.79. The fraction of sp³-hybridized carbons (Fsp3) is 0.400. The fourth-order valence-corrected chi connectivity index (χ4v) is 2.91. The average Bonchev–Trinajstić information content (AvgIpc) is 2.67. The van der Waals surface area contributed by atoms with Crippen molar-refractivity contribution in [3.8, 4) is 0 Å². The number of hydrogen-bond donors (Lipinski definition) is 1. The summed E-state index contributed by atoms with van der Waals surface area (Å²) in [6, 6.07) is 11.2. The first-order valence-electron chi connectivity index (χ1n) is 6.58. The van der Waals surface area contributed by atoms with Gasteiger partial charge in [-0.25, -0.2) is 0 Å². The molecular formula is C15H20IN3. The molecule has 0 bridgehead atoms. The Balaban J connectivity index is 2.23. The third-order valence-corrected chi connectivity index (χ3v) is 3.88. The summed E-state index contributed by atoms with van der Waals surface area (Å²) in [5, 5.41) is 7.99. The molecule has 102 valence electrons. The lowest BCUT2D eigenvalue weighted by molar-refractivity contribution is 0.528. The van der Waals surface area contributed by atoms with Crippen LogP contribution in [-0.4, -0.2) is 16.3 Å². The van der Waals surface area contributed by atoms with E-state index in [1.165, 1.54) is 14.8 Å². The van der Waals surface area contributed by atoms with Crippen molar-refractivity contribution < 1.29 is 0 Å². The van der Waals surface area contributed by atoms with Gasteiger partial charge in [-0.15, -0.1) is 0 Å². The molecular weight excluding hydrogens is 349 g/mol. The van der Waals surface area contributed by atoms with Gasteiger partial charge in [-0.2, -0.15) is 5.10 Å². The second-order valence-electron chi connectivity index (χ2n) is 4.77. The first-order chi connectivity index (χ1) is 9.10. The van der Waals surface area contributed by atoms with Gasteiger partial charge in [0.2, 0.25) is 0 Å². The predicted octanol–water partition coefficient (Wildman–Crippen LogP) is 3.23. The van der Waals surface area contributed by atoms with Crippen molar-refractivity contribution in [3.05, 3.63) is 50.9 Å². The molecule has 0 amide bonds. The van der Waals surface area contributed by atoms with Gasteiger partial charge in [0.05, 0.1) is 5.69 Å². The van der Waals surface area contributed by atoms with Crippen LogP contribution >= 0.6 is 22.6 Å². The van der Waals surface area contributed by atoms with Gasteiger partial charge in [0, 0.05) is 28.8 Å². The van der Waals surface area contributed by atoms with Crippen molar-refractivity contribution in [3.63, 3.8) is 0 Å². The Morgan fingerprint density at radius 2 is 2.16 bits per heavy atom. The lowest BCUT2D eigenvalue weighted by Gasteiger charge is -2.18. The minimum Gasteiger partial charge on any atom is -0.310 e. The van der Waals surface area contributed by atoms with Gasteiger partial charge in [0.25, 0.3) is 0 Å². The molecule has 0 fully saturated rings. The summed E-state index contributed by atoms with van der Waals surface area (Å²) in [5.41, 5.74) is 3.69. The molecule has 1 unspecified atom stereocenters. The summed E-state index contributed by atoms with van der Waals surface area (Å²) in [6.07, 6.45) is 0.964. The molecule has 1 aromatic heterocycles. The first kappa shape index (κ1) is 14.5. The Morgan fingerprint density at radius 1 is 1.37 bits per heavy atom. The number of aromatic nitrogens is 2. The number of rotatable bonds is 5. The molecule has 0 aliphatic rings. The maximum absolute atomic E-state index is 4.42. The molecule has 3 nitrogen and oxygen atoms in total. The van der Waals surface area contributed by atoms with Gasteiger partial charge in [-0.3, -0.25) is 4.68 Å². The van der Waals surface area contributed by atoms with Crippen LogP contribution in [-0.2, 0) is 13.5 Å². The highest BCUT2D eigenvalue weighted by Gasteiger charge is 2.14. The van der Waals surface area contributed by atoms with Crippen LogP contribution in [0.25, 0.3) is 0 Å². The molecule has 1 heterocycles. The number of likely N-dealkylation sites (N-methyl/N-ethyl adjacent to an activating group) is 1. The average molecular weight is 369 g/mol. The molecule has 1 N–H and O–H groups in total. The lowest BCUT2D eigenvalue weighted by Crippen LogP contribution is -2.24. The third-order valence-electron chi connectivity index (χ3n) is 3.21. The number of benzene rings is 1. The van der Waals surface area contributed by atoms with Crippen molar-refractivity contribution >= 4 is 22.6 Å². The highest BCUT2D eigenvalue weighted by molar-refractivity contribution is 14.1. The van der Waals surface area contributed by atoms with Crippen molar-refractivity contribution in [2.24, 2.45) is 7.05 Å². The van der Waals surface area contributed by atoms with Crippen LogP contribution in [0.1, 0.15) is 29.9 Å². The van der Waals surface area contributed by atoms with Crippen LogP contribution in [0, 0.1) is 10.5 Å². The van der Waals surface area contributed by atoms with E-state index in [1.807, 2.05) is 18.7 Å². The van der Waals surface area contributed by atoms with Gasteiger partial charge in [-0.05, 0) is 59.8 Å². The van der Waals surface area contributed by atoms with Gasteiger partial charge in [-0.1, -0.05) is 19.1 Å². The van der Waals surface area contributed by atoms with E-state index in [0.29, 0.717) is 6.04 Å². The maximum Gasteiger partial charge on any atom is 0.0596 e. The van der Waals surface area contributed by atoms with Crippen molar-refractivity contribution in [2.75, 3.05) is 6.54 Å². The van der Waals surface area contributed by atoms with E-state index < -0.39 is 0 Å². The standard InChI is InChI=1S/C15H20IN3/c1-4-17-15(12-6-5-7-13(16)9-12)10-14-8-11(2)18-19(14)3/h5-9,15,17H,4,10H2,1-3H3. The Bertz CT molecular complexity index is 548. The highest BCUT2D eigenvalue weighted by atomic mass is 127. The quantitative estimate of drug-likeness (QED) is 0.821. The molecule has 0 radical (unpaired) electrons. The number of halogens is 1. The fourth-order valence-electron chi connectivity index (χ4n) is 2.34. The van der Waals surface area contributed by atoms with Crippen molar-refractivity contribution in [2.45, 2.75) is 26.3 Å². The number of nitrogens with one attached hydrogen (secondary N) is 1. The zero-order valence-electron chi connectivity index (χ0n) is 11.7. The van der Waals surface area contributed by atoms with Gasteiger partial charge < -0.3 is 5.32 Å². The van der Waals surface area contributed by atoms with E-state index in [4.69, 9.17) is 0 Å². The monoisotopic (exact) mass is 369 g/mol. The zero-order chi connectivity index (χ0) is 13.8. The molecule has 1 aromatic carbocycles. The zero-order valence-corrected chi connectivity index (χ0v) is 13.8. The highest BCUT2D eigenvalue weighted by Crippen LogP contribution is 2.20. The van der Waals surface area contributed by atoms with Gasteiger partial charge in [0.15, 0.2) is 0 Å². The summed E-state index contributed by atoms with van der Waals surface area (Å²) >= 11 is 2.36. The molecule has 1 atom stereocenters. The summed E-state index contributed by atoms with van der Waals surface area (Å²) in [4.78, 5) is 0. The van der Waals surface area contributed by atoms with Crippen LogP contribution in [0.4, 0.5) is 0 Å². The Kier molecular flexibility index (Phi) is 4.99. The van der Waals surface area contributed by atoms with Crippen molar-refractivity contribution in [1.82, 2.24) is 15.1 Å². The Morgan fingerprint density at radius 3 is 2.74 bits per heavy atom. The molecule has 0 aliphatic carbocycles. The van der Waals surface area contributed by atoms with Crippen LogP contribution in [0.15, 0.2) is 30.3 Å². The summed E-state index contributed by atoms with van der Waals surface area (Å²) in [5.74, 6) is 0. The van der Waals surface area contributed by atoms with Gasteiger partial charge >= 0.3 is 0 Å². The number of hydrogen-bond acceptors (Lipinski definition) is 2. The summed E-state index contributed by atoms with van der Waals surface area (Å²) < 4.78 is 3.26. The number of nitrogens with zero attached hydrogens (tertiary/aromatic N) is 2. The molecule has 0 saturated carbocycles. The molecule has 0 spiro atoms. The largest absolute Gasteiger partial charge is 0.310 e. The second-order valence-corrected chi connectivity index (χ2v) is 6.02. The first-order valence-corrected chi connectivity index (χ1v) is 7.66. The summed E-state index contributed by atoms with van der Waals surface area (Å²) in [6.45, 7) is 5.15. The van der Waals surface area contributed by atoms with Gasteiger partial charge in [0.1, 0.15) is 0 Å². The summed E-state index contributed by atoms with van der Waals surface area (Å²) in [7, 11) is 2.01. The molecule has 19 heavy (non-hydrogen) atoms. The SMILES string of the molecule is CCNC(Cc1cc(C)nn1C)c1cccc(I)c1. The van der Waals surface area contributed by atoms with E-state index in [0.717, 1.165) is 18.7 Å². The Hall–Kier alpha value is -0.880. The lowest BCUT2D eigenvalue weighted by atomic mass is 10.0. The van der Waals surface area contributed by atoms with Crippen LogP contribution in [0.5, 0.6) is 0 Å². The normalized spacial score (nSPS) is 12.6. The van der Waals surface area contributed by atoms with E-state index in [-0.39, 0.29) is 0 Å². The van der Waals surface area contributed by atoms with Crippen molar-refractivity contribution in [1.29, 1.82) is 0 Å². The minimum absolute atomic E-state index is 0.342. The van der Waals surface area contributed by atoms with E-state index in [2.05, 4.69) is 70.3 Å². The molecule has 2 aromatic rings. The van der Waals surface area contributed by atoms with Crippen LogP contribution in [0.3, 0.4) is 0 Å². The minimum atomic E-state index is 0.342. The smallest absolute Gasteiger partial charge is 0.0596 e. The van der Waals surface area contributed by atoms with E-state index >= 15 is 0 Å². The number of aryl methyl sites for hydroxylation is 2. The predicted molar refractivity (Wildman–Crippen MR) is 87.2 cm³/mol. The molecule has 0 aliphatic heterocycles. The van der Waals surface area contributed by atoms with E-state index in [9.17, 15) is 0 Å². The topological polar surface area (TPSA) is 29.9 Å².